The van der Waals surface area contributed by atoms with Crippen LogP contribution in [0, 0.1) is 0 Å². The third-order valence-corrected chi connectivity index (χ3v) is 1.19. The maximum Gasteiger partial charge on any atom is 0.332 e. The SMILES string of the molecule is CCCNC(C)=CC(=O)OC. The van der Waals surface area contributed by atoms with Crippen LogP contribution < -0.4 is 5.32 Å². The maximum atomic E-state index is 10.6. The van der Waals surface area contributed by atoms with Gasteiger partial charge in [0.2, 0.25) is 0 Å². The highest BCUT2D eigenvalue weighted by atomic mass is 16.5. The van der Waals surface area contributed by atoms with Crippen LogP contribution in [0.4, 0.5) is 0 Å². The molecule has 0 unspecified atom stereocenters. The molecule has 0 aromatic carbocycles. The molecule has 0 saturated heterocycles. The third-order valence-electron chi connectivity index (χ3n) is 1.19. The van der Waals surface area contributed by atoms with E-state index in [9.17, 15) is 4.79 Å². The van der Waals surface area contributed by atoms with Gasteiger partial charge in [-0.05, 0) is 13.3 Å². The van der Waals surface area contributed by atoms with Gasteiger partial charge in [0.25, 0.3) is 0 Å². The van der Waals surface area contributed by atoms with Crippen LogP contribution in [0.25, 0.3) is 0 Å². The summed E-state index contributed by atoms with van der Waals surface area (Å²) < 4.78 is 4.45. The molecule has 0 aromatic heterocycles. The zero-order chi connectivity index (χ0) is 8.69. The fourth-order valence-corrected chi connectivity index (χ4v) is 0.609. The van der Waals surface area contributed by atoms with Crippen molar-refractivity contribution in [2.45, 2.75) is 20.3 Å². The van der Waals surface area contributed by atoms with E-state index in [0.29, 0.717) is 0 Å². The molecular weight excluding hydrogens is 142 g/mol. The molecule has 0 atom stereocenters. The average molecular weight is 157 g/mol. The zero-order valence-electron chi connectivity index (χ0n) is 7.31. The quantitative estimate of drug-likeness (QED) is 0.490. The lowest BCUT2D eigenvalue weighted by Crippen LogP contribution is -2.13. The summed E-state index contributed by atoms with van der Waals surface area (Å²) in [5.41, 5.74) is 0.846. The van der Waals surface area contributed by atoms with E-state index in [1.807, 2.05) is 6.92 Å². The lowest BCUT2D eigenvalue weighted by atomic mass is 10.4. The highest BCUT2D eigenvalue weighted by molar-refractivity contribution is 5.82. The lowest BCUT2D eigenvalue weighted by Gasteiger charge is -2.02. The van der Waals surface area contributed by atoms with Crippen molar-refractivity contribution in [2.24, 2.45) is 0 Å². The molecule has 11 heavy (non-hydrogen) atoms. The summed E-state index contributed by atoms with van der Waals surface area (Å²) in [6.07, 6.45) is 2.49. The predicted molar refractivity (Wildman–Crippen MR) is 44.1 cm³/mol. The Morgan fingerprint density at radius 1 is 1.64 bits per heavy atom. The summed E-state index contributed by atoms with van der Waals surface area (Å²) in [6, 6.07) is 0. The number of nitrogens with one attached hydrogen (secondary N) is 1. The molecule has 0 aliphatic carbocycles. The standard InChI is InChI=1S/C8H15NO2/c1-4-5-9-7(2)6-8(10)11-3/h6,9H,4-5H2,1-3H3. The first-order valence-corrected chi connectivity index (χ1v) is 3.70. The van der Waals surface area contributed by atoms with Gasteiger partial charge in [-0.2, -0.15) is 0 Å². The van der Waals surface area contributed by atoms with Crippen molar-refractivity contribution in [3.05, 3.63) is 11.8 Å². The van der Waals surface area contributed by atoms with Gasteiger partial charge in [-0.3, -0.25) is 0 Å². The van der Waals surface area contributed by atoms with Crippen LogP contribution in [-0.2, 0) is 9.53 Å². The molecule has 0 rings (SSSR count). The molecule has 0 bridgehead atoms. The summed E-state index contributed by atoms with van der Waals surface area (Å²) in [6.45, 7) is 4.80. The topological polar surface area (TPSA) is 38.3 Å². The minimum Gasteiger partial charge on any atom is -0.466 e. The summed E-state index contributed by atoms with van der Waals surface area (Å²) in [7, 11) is 1.37. The molecule has 0 spiro atoms. The molecule has 64 valence electrons. The van der Waals surface area contributed by atoms with E-state index in [4.69, 9.17) is 0 Å². The molecule has 0 aromatic rings. The normalized spacial score (nSPS) is 11.0. The van der Waals surface area contributed by atoms with E-state index in [2.05, 4.69) is 17.0 Å². The molecule has 0 saturated carbocycles. The minimum absolute atomic E-state index is 0.314. The Hall–Kier alpha value is -0.990. The smallest absolute Gasteiger partial charge is 0.332 e. The van der Waals surface area contributed by atoms with Crippen molar-refractivity contribution < 1.29 is 9.53 Å². The summed E-state index contributed by atoms with van der Waals surface area (Å²) in [5.74, 6) is -0.314. The number of esters is 1. The molecule has 0 aliphatic rings. The Labute approximate surface area is 67.4 Å². The van der Waals surface area contributed by atoms with Crippen LogP contribution in [-0.4, -0.2) is 19.6 Å². The third kappa shape index (κ3) is 5.45. The largest absolute Gasteiger partial charge is 0.466 e. The molecule has 0 aliphatic heterocycles. The summed E-state index contributed by atoms with van der Waals surface area (Å²) in [4.78, 5) is 10.6. The molecule has 0 radical (unpaired) electrons. The first kappa shape index (κ1) is 10.0. The van der Waals surface area contributed by atoms with Crippen molar-refractivity contribution in [3.63, 3.8) is 0 Å². The van der Waals surface area contributed by atoms with Gasteiger partial charge in [0.15, 0.2) is 0 Å². The van der Waals surface area contributed by atoms with Gasteiger partial charge >= 0.3 is 5.97 Å². The number of allylic oxidation sites excluding steroid dienone is 1. The second-order valence-electron chi connectivity index (χ2n) is 2.28. The molecule has 0 fully saturated rings. The first-order valence-electron chi connectivity index (χ1n) is 3.70. The van der Waals surface area contributed by atoms with Gasteiger partial charge in [-0.1, -0.05) is 6.92 Å². The van der Waals surface area contributed by atoms with E-state index in [-0.39, 0.29) is 5.97 Å². The highest BCUT2D eigenvalue weighted by Gasteiger charge is 1.93. The first-order chi connectivity index (χ1) is 5.20. The van der Waals surface area contributed by atoms with E-state index in [1.54, 1.807) is 0 Å². The molecule has 3 heteroatoms. The average Bonchev–Trinajstić information content (AvgIpc) is 2.00. The highest BCUT2D eigenvalue weighted by Crippen LogP contribution is 1.88. The van der Waals surface area contributed by atoms with Gasteiger partial charge in [0, 0.05) is 18.3 Å². The monoisotopic (exact) mass is 157 g/mol. The van der Waals surface area contributed by atoms with Crippen LogP contribution in [0.1, 0.15) is 20.3 Å². The Kier molecular flexibility index (Phi) is 5.25. The molecule has 0 amide bonds. The van der Waals surface area contributed by atoms with E-state index < -0.39 is 0 Å². The number of hydrogen-bond donors (Lipinski definition) is 1. The van der Waals surface area contributed by atoms with Gasteiger partial charge in [0.1, 0.15) is 0 Å². The minimum atomic E-state index is -0.314. The number of carbonyl (C=O) groups excluding carboxylic acids is 1. The molecule has 1 N–H and O–H groups in total. The van der Waals surface area contributed by atoms with Crippen molar-refractivity contribution >= 4 is 5.97 Å². The second-order valence-corrected chi connectivity index (χ2v) is 2.28. The van der Waals surface area contributed by atoms with Gasteiger partial charge in [0.05, 0.1) is 7.11 Å². The van der Waals surface area contributed by atoms with Crippen LogP contribution in [0.2, 0.25) is 0 Å². The molecular formula is C8H15NO2. The van der Waals surface area contributed by atoms with Crippen LogP contribution >= 0.6 is 0 Å². The van der Waals surface area contributed by atoms with E-state index in [0.717, 1.165) is 18.7 Å². The van der Waals surface area contributed by atoms with Crippen molar-refractivity contribution in [1.82, 2.24) is 5.32 Å². The van der Waals surface area contributed by atoms with Crippen molar-refractivity contribution in [2.75, 3.05) is 13.7 Å². The number of ether oxygens (including phenoxy) is 1. The van der Waals surface area contributed by atoms with Crippen LogP contribution in [0.15, 0.2) is 11.8 Å². The van der Waals surface area contributed by atoms with Crippen molar-refractivity contribution in [3.8, 4) is 0 Å². The Morgan fingerprint density at radius 2 is 2.27 bits per heavy atom. The van der Waals surface area contributed by atoms with Gasteiger partial charge in [-0.15, -0.1) is 0 Å². The van der Waals surface area contributed by atoms with Crippen molar-refractivity contribution in [1.29, 1.82) is 0 Å². The molecule has 3 nitrogen and oxygen atoms in total. The fourth-order valence-electron chi connectivity index (χ4n) is 0.609. The van der Waals surface area contributed by atoms with E-state index in [1.165, 1.54) is 13.2 Å². The predicted octanol–water partition coefficient (Wildman–Crippen LogP) is 1.06. The van der Waals surface area contributed by atoms with Gasteiger partial charge < -0.3 is 10.1 Å². The summed E-state index contributed by atoms with van der Waals surface area (Å²) >= 11 is 0. The number of methoxy groups -OCH3 is 1. The maximum absolute atomic E-state index is 10.6. The fraction of sp³-hybridized carbons (Fsp3) is 0.625. The van der Waals surface area contributed by atoms with Gasteiger partial charge in [-0.25, -0.2) is 4.79 Å². The number of hydrogen-bond acceptors (Lipinski definition) is 3. The Morgan fingerprint density at radius 3 is 2.73 bits per heavy atom. The van der Waals surface area contributed by atoms with Crippen LogP contribution in [0.3, 0.4) is 0 Å². The Balaban J connectivity index is 3.70. The Bertz CT molecular complexity index is 152. The number of carbonyl (C=O) groups is 1. The van der Waals surface area contributed by atoms with Crippen LogP contribution in [0.5, 0.6) is 0 Å². The zero-order valence-corrected chi connectivity index (χ0v) is 7.31. The number of rotatable bonds is 4. The second kappa shape index (κ2) is 5.77. The lowest BCUT2D eigenvalue weighted by molar-refractivity contribution is -0.134. The van der Waals surface area contributed by atoms with E-state index >= 15 is 0 Å². The molecule has 0 heterocycles. The summed E-state index contributed by atoms with van der Waals surface area (Å²) in [5, 5.41) is 3.06.